The van der Waals surface area contributed by atoms with E-state index in [0.717, 1.165) is 24.4 Å². The summed E-state index contributed by atoms with van der Waals surface area (Å²) in [5.41, 5.74) is 0.991. The molecule has 0 bridgehead atoms. The van der Waals surface area contributed by atoms with Crippen molar-refractivity contribution in [2.24, 2.45) is 0 Å². The van der Waals surface area contributed by atoms with Crippen LogP contribution >= 0.6 is 11.8 Å². The Morgan fingerprint density at radius 2 is 2.05 bits per heavy atom. The molecule has 0 aliphatic carbocycles. The van der Waals surface area contributed by atoms with Gasteiger partial charge in [-0.1, -0.05) is 0 Å². The topological polar surface area (TPSA) is 59.6 Å². The van der Waals surface area contributed by atoms with Crippen molar-refractivity contribution in [3.8, 4) is 5.75 Å². The molecule has 0 aromatic heterocycles. The third-order valence-electron chi connectivity index (χ3n) is 2.69. The number of thioether (sulfide) groups is 1. The molecule has 0 heterocycles. The normalized spacial score (nSPS) is 11.0. The fraction of sp³-hybridized carbons (Fsp3) is 0.562. The summed E-state index contributed by atoms with van der Waals surface area (Å²) in [6, 6.07) is 5.60. The Balaban J connectivity index is 2.72. The Morgan fingerprint density at radius 3 is 2.64 bits per heavy atom. The summed E-state index contributed by atoms with van der Waals surface area (Å²) in [5, 5.41) is 6.06. The number of nitrogens with one attached hydrogen (secondary N) is 2. The standard InChI is InChI=1S/C16H26N2O3S/c1-16(2,3)21-15(19)18-13-11-12(7-8-14(13)20-4)17-9-6-10-22-5/h7-8,11,17H,6,9-10H2,1-5H3,(H,18,19). The average Bonchev–Trinajstić information content (AvgIpc) is 2.42. The summed E-state index contributed by atoms with van der Waals surface area (Å²) < 4.78 is 10.5. The van der Waals surface area contributed by atoms with Gasteiger partial charge in [0, 0.05) is 12.2 Å². The van der Waals surface area contributed by atoms with E-state index < -0.39 is 11.7 Å². The Bertz CT molecular complexity index is 487. The van der Waals surface area contributed by atoms with E-state index in [9.17, 15) is 4.79 Å². The molecule has 0 aliphatic rings. The van der Waals surface area contributed by atoms with Crippen LogP contribution < -0.4 is 15.4 Å². The molecule has 0 unspecified atom stereocenters. The predicted molar refractivity (Wildman–Crippen MR) is 94.3 cm³/mol. The molecule has 5 nitrogen and oxygen atoms in total. The van der Waals surface area contributed by atoms with E-state index in [1.54, 1.807) is 7.11 Å². The molecule has 0 spiro atoms. The van der Waals surface area contributed by atoms with Gasteiger partial charge in [-0.3, -0.25) is 5.32 Å². The van der Waals surface area contributed by atoms with Gasteiger partial charge in [0.05, 0.1) is 12.8 Å². The lowest BCUT2D eigenvalue weighted by Crippen LogP contribution is -2.27. The number of amides is 1. The summed E-state index contributed by atoms with van der Waals surface area (Å²) in [4.78, 5) is 11.9. The number of anilines is 2. The lowest BCUT2D eigenvalue weighted by Gasteiger charge is -2.20. The second-order valence-corrected chi connectivity index (χ2v) is 6.80. The first kappa shape index (κ1) is 18.5. The van der Waals surface area contributed by atoms with E-state index in [1.807, 2.05) is 50.7 Å². The number of hydrogen-bond donors (Lipinski definition) is 2. The van der Waals surface area contributed by atoms with Gasteiger partial charge < -0.3 is 14.8 Å². The number of methoxy groups -OCH3 is 1. The Labute approximate surface area is 137 Å². The van der Waals surface area contributed by atoms with E-state index in [1.165, 1.54) is 0 Å². The van der Waals surface area contributed by atoms with Crippen LogP contribution in [0.1, 0.15) is 27.2 Å². The molecule has 6 heteroatoms. The van der Waals surface area contributed by atoms with Gasteiger partial charge in [0.2, 0.25) is 0 Å². The first-order chi connectivity index (χ1) is 10.4. The molecule has 0 saturated heterocycles. The second-order valence-electron chi connectivity index (χ2n) is 5.82. The highest BCUT2D eigenvalue weighted by molar-refractivity contribution is 7.98. The van der Waals surface area contributed by atoms with E-state index in [2.05, 4.69) is 16.9 Å². The second kappa shape index (κ2) is 8.78. The number of rotatable bonds is 7. The highest BCUT2D eigenvalue weighted by Gasteiger charge is 2.17. The lowest BCUT2D eigenvalue weighted by atomic mass is 10.2. The molecule has 2 N–H and O–H groups in total. The van der Waals surface area contributed by atoms with Gasteiger partial charge in [0.15, 0.2) is 0 Å². The molecule has 0 radical (unpaired) electrons. The van der Waals surface area contributed by atoms with Gasteiger partial charge >= 0.3 is 6.09 Å². The molecule has 1 rings (SSSR count). The number of carbonyl (C=O) groups is 1. The Kier molecular flexibility index (Phi) is 7.38. The molecule has 0 aliphatic heterocycles. The minimum Gasteiger partial charge on any atom is -0.495 e. The summed E-state index contributed by atoms with van der Waals surface area (Å²) >= 11 is 1.83. The summed E-state index contributed by atoms with van der Waals surface area (Å²) in [6.45, 7) is 6.37. The third kappa shape index (κ3) is 6.93. The Hall–Kier alpha value is -1.56. The molecule has 0 atom stereocenters. The van der Waals surface area contributed by atoms with Gasteiger partial charge in [-0.25, -0.2) is 4.79 Å². The fourth-order valence-electron chi connectivity index (χ4n) is 1.78. The highest BCUT2D eigenvalue weighted by atomic mass is 32.2. The van der Waals surface area contributed by atoms with Crippen LogP contribution in [0.25, 0.3) is 0 Å². The molecule has 1 amide bonds. The number of carbonyl (C=O) groups excluding carboxylic acids is 1. The smallest absolute Gasteiger partial charge is 0.412 e. The monoisotopic (exact) mass is 326 g/mol. The van der Waals surface area contributed by atoms with Gasteiger partial charge in [-0.15, -0.1) is 0 Å². The van der Waals surface area contributed by atoms with Crippen molar-refractivity contribution in [3.05, 3.63) is 18.2 Å². The van der Waals surface area contributed by atoms with Crippen molar-refractivity contribution in [2.75, 3.05) is 36.3 Å². The first-order valence-corrected chi connectivity index (χ1v) is 8.66. The maximum atomic E-state index is 11.9. The van der Waals surface area contributed by atoms with Gasteiger partial charge in [0.1, 0.15) is 11.4 Å². The highest BCUT2D eigenvalue weighted by Crippen LogP contribution is 2.28. The quantitative estimate of drug-likeness (QED) is 0.735. The van der Waals surface area contributed by atoms with Crippen molar-refractivity contribution >= 4 is 29.2 Å². The molecule has 124 valence electrons. The zero-order chi connectivity index (χ0) is 16.6. The molecular weight excluding hydrogens is 300 g/mol. The molecule has 0 fully saturated rings. The zero-order valence-electron chi connectivity index (χ0n) is 14.0. The fourth-order valence-corrected chi connectivity index (χ4v) is 2.21. The molecule has 1 aromatic carbocycles. The maximum Gasteiger partial charge on any atom is 0.412 e. The van der Waals surface area contributed by atoms with Crippen LogP contribution in [0.15, 0.2) is 18.2 Å². The number of ether oxygens (including phenoxy) is 2. The van der Waals surface area contributed by atoms with E-state index in [-0.39, 0.29) is 0 Å². The van der Waals surface area contributed by atoms with Crippen molar-refractivity contribution in [1.29, 1.82) is 0 Å². The minimum absolute atomic E-state index is 0.495. The van der Waals surface area contributed by atoms with Crippen LogP contribution in [-0.4, -0.2) is 37.4 Å². The minimum atomic E-state index is -0.537. The molecule has 22 heavy (non-hydrogen) atoms. The third-order valence-corrected chi connectivity index (χ3v) is 3.39. The number of benzene rings is 1. The molecular formula is C16H26N2O3S. The van der Waals surface area contributed by atoms with E-state index in [4.69, 9.17) is 9.47 Å². The van der Waals surface area contributed by atoms with Gasteiger partial charge in [-0.2, -0.15) is 11.8 Å². The van der Waals surface area contributed by atoms with Crippen LogP contribution in [0.3, 0.4) is 0 Å². The summed E-state index contributed by atoms with van der Waals surface area (Å²) in [5.74, 6) is 1.71. The van der Waals surface area contributed by atoms with Crippen LogP contribution in [0, 0.1) is 0 Å². The van der Waals surface area contributed by atoms with E-state index >= 15 is 0 Å². The van der Waals surface area contributed by atoms with Crippen LogP contribution in [0.2, 0.25) is 0 Å². The maximum absolute atomic E-state index is 11.9. The van der Waals surface area contributed by atoms with Crippen LogP contribution in [0.4, 0.5) is 16.2 Å². The summed E-state index contributed by atoms with van der Waals surface area (Å²) in [6.07, 6.45) is 2.68. The lowest BCUT2D eigenvalue weighted by molar-refractivity contribution is 0.0635. The SMILES string of the molecule is COc1ccc(NCCCSC)cc1NC(=O)OC(C)(C)C. The van der Waals surface area contributed by atoms with Gasteiger partial charge in [0.25, 0.3) is 0 Å². The molecule has 1 aromatic rings. The van der Waals surface area contributed by atoms with Crippen molar-refractivity contribution < 1.29 is 14.3 Å². The average molecular weight is 326 g/mol. The van der Waals surface area contributed by atoms with E-state index in [0.29, 0.717) is 11.4 Å². The first-order valence-electron chi connectivity index (χ1n) is 7.26. The van der Waals surface area contributed by atoms with Crippen molar-refractivity contribution in [3.63, 3.8) is 0 Å². The van der Waals surface area contributed by atoms with Crippen LogP contribution in [-0.2, 0) is 4.74 Å². The van der Waals surface area contributed by atoms with Gasteiger partial charge in [-0.05, 0) is 57.4 Å². The zero-order valence-corrected chi connectivity index (χ0v) is 14.8. The number of hydrogen-bond acceptors (Lipinski definition) is 5. The predicted octanol–water partition coefficient (Wildman–Crippen LogP) is 4.21. The van der Waals surface area contributed by atoms with Crippen molar-refractivity contribution in [2.45, 2.75) is 32.8 Å². The van der Waals surface area contributed by atoms with Crippen LogP contribution in [0.5, 0.6) is 5.75 Å². The Morgan fingerprint density at radius 1 is 1.32 bits per heavy atom. The summed E-state index contributed by atoms with van der Waals surface area (Å²) in [7, 11) is 1.57. The van der Waals surface area contributed by atoms with Crippen molar-refractivity contribution in [1.82, 2.24) is 0 Å². The molecule has 0 saturated carbocycles. The largest absolute Gasteiger partial charge is 0.495 e.